The van der Waals surface area contributed by atoms with Gasteiger partial charge in [0, 0.05) is 19.0 Å². The van der Waals surface area contributed by atoms with Crippen molar-refractivity contribution in [1.82, 2.24) is 10.2 Å². The maximum Gasteiger partial charge on any atom is 0.223 e. The van der Waals surface area contributed by atoms with Gasteiger partial charge in [-0.15, -0.1) is 0 Å². The molecule has 20 heavy (non-hydrogen) atoms. The van der Waals surface area contributed by atoms with Crippen LogP contribution in [0.1, 0.15) is 44.6 Å². The lowest BCUT2D eigenvalue weighted by Gasteiger charge is -2.29. The predicted octanol–water partition coefficient (Wildman–Crippen LogP) is 3.02. The van der Waals surface area contributed by atoms with Gasteiger partial charge >= 0.3 is 0 Å². The molecule has 2 aliphatic rings. The second-order valence-corrected chi connectivity index (χ2v) is 7.02. The maximum absolute atomic E-state index is 12.5. The molecule has 110 valence electrons. The van der Waals surface area contributed by atoms with E-state index in [-0.39, 0.29) is 0 Å². The summed E-state index contributed by atoms with van der Waals surface area (Å²) in [4.78, 5) is 14.7. The number of carbonyl (C=O) groups excluding carboxylic acids is 1. The lowest BCUT2D eigenvalue weighted by atomic mass is 9.93. The van der Waals surface area contributed by atoms with Gasteiger partial charge < -0.3 is 10.2 Å². The normalized spacial score (nSPS) is 23.8. The van der Waals surface area contributed by atoms with Crippen molar-refractivity contribution in [3.8, 4) is 0 Å². The number of thiophene rings is 1. The molecule has 1 saturated carbocycles. The number of nitrogens with zero attached hydrogens (tertiary/aromatic N) is 1. The Bertz CT molecular complexity index is 451. The van der Waals surface area contributed by atoms with Crippen molar-refractivity contribution in [3.05, 3.63) is 22.4 Å². The summed E-state index contributed by atoms with van der Waals surface area (Å²) in [5, 5.41) is 7.71. The van der Waals surface area contributed by atoms with Crippen molar-refractivity contribution in [2.45, 2.75) is 51.6 Å². The van der Waals surface area contributed by atoms with E-state index in [1.807, 2.05) is 0 Å². The van der Waals surface area contributed by atoms with Crippen LogP contribution in [0.15, 0.2) is 16.8 Å². The van der Waals surface area contributed by atoms with E-state index in [4.69, 9.17) is 0 Å². The first-order valence-corrected chi connectivity index (χ1v) is 8.71. The molecule has 1 aromatic heterocycles. The summed E-state index contributed by atoms with van der Waals surface area (Å²) in [6.45, 7) is 5.13. The molecule has 2 fully saturated rings. The zero-order chi connectivity index (χ0) is 14.0. The molecule has 1 aliphatic carbocycles. The minimum atomic E-state index is 0.346. The summed E-state index contributed by atoms with van der Waals surface area (Å²) in [5.41, 5.74) is 1.72. The molecule has 1 amide bonds. The first-order chi connectivity index (χ1) is 9.75. The van der Waals surface area contributed by atoms with E-state index < -0.39 is 0 Å². The smallest absolute Gasteiger partial charge is 0.223 e. The SMILES string of the molecule is CCCC(=O)N(Cc1ccsc1)C1CC12CCNCC2. The van der Waals surface area contributed by atoms with Gasteiger partial charge in [0.2, 0.25) is 5.91 Å². The molecule has 1 unspecified atom stereocenters. The molecule has 1 aromatic rings. The minimum Gasteiger partial charge on any atom is -0.335 e. The second kappa shape index (κ2) is 5.86. The van der Waals surface area contributed by atoms with Crippen LogP contribution in [0.2, 0.25) is 0 Å². The first kappa shape index (κ1) is 14.1. The molecule has 1 aliphatic heterocycles. The van der Waals surface area contributed by atoms with Crippen LogP contribution in [0.25, 0.3) is 0 Å². The minimum absolute atomic E-state index is 0.346. The van der Waals surface area contributed by atoms with Crippen molar-refractivity contribution in [1.29, 1.82) is 0 Å². The van der Waals surface area contributed by atoms with Crippen LogP contribution in [-0.4, -0.2) is 29.9 Å². The Labute approximate surface area is 125 Å². The third kappa shape index (κ3) is 2.77. The van der Waals surface area contributed by atoms with Crippen molar-refractivity contribution in [2.24, 2.45) is 5.41 Å². The molecule has 0 radical (unpaired) electrons. The van der Waals surface area contributed by atoms with Gasteiger partial charge in [0.1, 0.15) is 0 Å². The molecular formula is C16H24N2OS. The molecule has 1 atom stereocenters. The number of nitrogens with one attached hydrogen (secondary N) is 1. The highest BCUT2D eigenvalue weighted by molar-refractivity contribution is 7.07. The summed E-state index contributed by atoms with van der Waals surface area (Å²) in [6, 6.07) is 2.64. The molecular weight excluding hydrogens is 268 g/mol. The second-order valence-electron chi connectivity index (χ2n) is 6.24. The van der Waals surface area contributed by atoms with Gasteiger partial charge in [0.25, 0.3) is 0 Å². The average molecular weight is 292 g/mol. The number of amides is 1. The van der Waals surface area contributed by atoms with Crippen molar-refractivity contribution < 1.29 is 4.79 Å². The third-order valence-electron chi connectivity index (χ3n) is 4.84. The highest BCUT2D eigenvalue weighted by Crippen LogP contribution is 2.56. The predicted molar refractivity (Wildman–Crippen MR) is 82.7 cm³/mol. The zero-order valence-corrected chi connectivity index (χ0v) is 13.0. The van der Waals surface area contributed by atoms with Crippen LogP contribution in [0.5, 0.6) is 0 Å². The van der Waals surface area contributed by atoms with E-state index >= 15 is 0 Å². The van der Waals surface area contributed by atoms with Crippen LogP contribution in [0.4, 0.5) is 0 Å². The van der Waals surface area contributed by atoms with E-state index in [1.54, 1.807) is 11.3 Å². The fourth-order valence-corrected chi connectivity index (χ4v) is 4.20. The van der Waals surface area contributed by atoms with Gasteiger partial charge in [-0.2, -0.15) is 11.3 Å². The lowest BCUT2D eigenvalue weighted by Crippen LogP contribution is -2.38. The molecule has 1 spiro atoms. The summed E-state index contributed by atoms with van der Waals surface area (Å²) >= 11 is 1.72. The number of hydrogen-bond donors (Lipinski definition) is 1. The fraction of sp³-hybridized carbons (Fsp3) is 0.688. The molecule has 0 aromatic carbocycles. The molecule has 1 saturated heterocycles. The Morgan fingerprint density at radius 1 is 1.50 bits per heavy atom. The molecule has 3 rings (SSSR count). The lowest BCUT2D eigenvalue weighted by molar-refractivity contribution is -0.133. The molecule has 4 heteroatoms. The molecule has 1 N–H and O–H groups in total. The zero-order valence-electron chi connectivity index (χ0n) is 12.2. The van der Waals surface area contributed by atoms with Crippen molar-refractivity contribution >= 4 is 17.2 Å². The maximum atomic E-state index is 12.5. The van der Waals surface area contributed by atoms with Gasteiger partial charge in [-0.3, -0.25) is 4.79 Å². The van der Waals surface area contributed by atoms with Crippen LogP contribution < -0.4 is 5.32 Å². The Morgan fingerprint density at radius 2 is 2.30 bits per heavy atom. The van der Waals surface area contributed by atoms with Gasteiger partial charge in [0.05, 0.1) is 0 Å². The summed E-state index contributed by atoms with van der Waals surface area (Å²) in [6.07, 6.45) is 5.32. The average Bonchev–Trinajstić information content (AvgIpc) is 2.90. The van der Waals surface area contributed by atoms with Gasteiger partial charge in [0.15, 0.2) is 0 Å². The van der Waals surface area contributed by atoms with E-state index in [2.05, 4.69) is 34.0 Å². The Balaban J connectivity index is 1.71. The van der Waals surface area contributed by atoms with Crippen LogP contribution >= 0.6 is 11.3 Å². The topological polar surface area (TPSA) is 32.3 Å². The van der Waals surface area contributed by atoms with Crippen LogP contribution in [0.3, 0.4) is 0 Å². The Morgan fingerprint density at radius 3 is 2.95 bits per heavy atom. The van der Waals surface area contributed by atoms with Gasteiger partial charge in [-0.25, -0.2) is 0 Å². The third-order valence-corrected chi connectivity index (χ3v) is 5.57. The van der Waals surface area contributed by atoms with E-state index in [0.29, 0.717) is 23.8 Å². The summed E-state index contributed by atoms with van der Waals surface area (Å²) in [7, 11) is 0. The van der Waals surface area contributed by atoms with E-state index in [1.165, 1.54) is 24.8 Å². The Hall–Kier alpha value is -0.870. The molecule has 0 bridgehead atoms. The number of rotatable bonds is 5. The van der Waals surface area contributed by atoms with E-state index in [9.17, 15) is 4.79 Å². The number of hydrogen-bond acceptors (Lipinski definition) is 3. The number of carbonyl (C=O) groups is 1. The Kier molecular flexibility index (Phi) is 4.13. The standard InChI is InChI=1S/C16H24N2OS/c1-2-3-15(19)18(11-13-4-9-20-12-13)14-10-16(14)5-7-17-8-6-16/h4,9,12,14,17H,2-3,5-8,10-11H2,1H3. The summed E-state index contributed by atoms with van der Waals surface area (Å²) in [5.74, 6) is 0.346. The van der Waals surface area contributed by atoms with Crippen molar-refractivity contribution in [2.75, 3.05) is 13.1 Å². The molecule has 3 nitrogen and oxygen atoms in total. The van der Waals surface area contributed by atoms with E-state index in [0.717, 1.165) is 26.1 Å². The fourth-order valence-electron chi connectivity index (χ4n) is 3.54. The van der Waals surface area contributed by atoms with Crippen LogP contribution in [-0.2, 0) is 11.3 Å². The van der Waals surface area contributed by atoms with Crippen LogP contribution in [0, 0.1) is 5.41 Å². The monoisotopic (exact) mass is 292 g/mol. The quantitative estimate of drug-likeness (QED) is 0.905. The summed E-state index contributed by atoms with van der Waals surface area (Å²) < 4.78 is 0. The van der Waals surface area contributed by atoms with Gasteiger partial charge in [-0.1, -0.05) is 6.92 Å². The molecule has 2 heterocycles. The highest BCUT2D eigenvalue weighted by Gasteiger charge is 2.57. The largest absolute Gasteiger partial charge is 0.335 e. The van der Waals surface area contributed by atoms with Gasteiger partial charge in [-0.05, 0) is 66.6 Å². The van der Waals surface area contributed by atoms with Crippen molar-refractivity contribution in [3.63, 3.8) is 0 Å². The first-order valence-electron chi connectivity index (χ1n) is 7.76. The highest BCUT2D eigenvalue weighted by atomic mass is 32.1. The number of piperidine rings is 1.